The fourth-order valence-corrected chi connectivity index (χ4v) is 4.08. The first-order valence-corrected chi connectivity index (χ1v) is 10.9. The van der Waals surface area contributed by atoms with Crippen LogP contribution in [0.4, 0.5) is 5.00 Å². The van der Waals surface area contributed by atoms with Crippen molar-refractivity contribution in [1.82, 2.24) is 4.90 Å². The molecule has 3 aromatic rings. The van der Waals surface area contributed by atoms with Crippen molar-refractivity contribution in [3.05, 3.63) is 71.0 Å². The number of amides is 2. The molecule has 152 valence electrons. The molecule has 2 aromatic heterocycles. The molecule has 0 fully saturated rings. The first-order chi connectivity index (χ1) is 13.7. The summed E-state index contributed by atoms with van der Waals surface area (Å²) >= 11 is 1.13. The molecule has 3 N–H and O–H groups in total. The van der Waals surface area contributed by atoms with Gasteiger partial charge in [-0.1, -0.05) is 12.1 Å². The molecule has 8 nitrogen and oxygen atoms in total. The Morgan fingerprint density at radius 2 is 1.93 bits per heavy atom. The van der Waals surface area contributed by atoms with Gasteiger partial charge in [0, 0.05) is 7.05 Å². The van der Waals surface area contributed by atoms with E-state index in [2.05, 4.69) is 5.32 Å². The Labute approximate surface area is 172 Å². The lowest BCUT2D eigenvalue weighted by Gasteiger charge is -2.25. The van der Waals surface area contributed by atoms with Crippen LogP contribution in [-0.2, 0) is 10.0 Å². The Hall–Kier alpha value is -2.95. The third kappa shape index (κ3) is 4.73. The lowest BCUT2D eigenvalue weighted by Crippen LogP contribution is -2.29. The van der Waals surface area contributed by atoms with Crippen LogP contribution in [0.2, 0.25) is 0 Å². The molecule has 1 aromatic carbocycles. The zero-order valence-electron chi connectivity index (χ0n) is 15.7. The maximum atomic E-state index is 12.8. The number of thiophene rings is 1. The van der Waals surface area contributed by atoms with E-state index in [0.717, 1.165) is 11.3 Å². The minimum atomic E-state index is -3.83. The summed E-state index contributed by atoms with van der Waals surface area (Å²) in [5.74, 6) is -0.494. The van der Waals surface area contributed by atoms with Crippen molar-refractivity contribution in [1.29, 1.82) is 0 Å². The summed E-state index contributed by atoms with van der Waals surface area (Å²) in [4.78, 5) is 26.8. The predicted octanol–water partition coefficient (Wildman–Crippen LogP) is 3.07. The van der Waals surface area contributed by atoms with Gasteiger partial charge >= 0.3 is 0 Å². The number of primary sulfonamides is 1. The van der Waals surface area contributed by atoms with Crippen LogP contribution in [0, 0.1) is 0 Å². The Morgan fingerprint density at radius 1 is 1.17 bits per heavy atom. The molecule has 0 aliphatic carbocycles. The Kier molecular flexibility index (Phi) is 5.87. The largest absolute Gasteiger partial charge is 0.459 e. The minimum Gasteiger partial charge on any atom is -0.459 e. The summed E-state index contributed by atoms with van der Waals surface area (Å²) in [6.45, 7) is 1.79. The highest BCUT2D eigenvalue weighted by Crippen LogP contribution is 2.27. The molecule has 0 saturated carbocycles. The Bertz CT molecular complexity index is 1140. The van der Waals surface area contributed by atoms with E-state index in [-0.39, 0.29) is 16.6 Å². The van der Waals surface area contributed by atoms with Crippen molar-refractivity contribution < 1.29 is 22.4 Å². The number of nitrogens with two attached hydrogens (primary N) is 1. The summed E-state index contributed by atoms with van der Waals surface area (Å²) in [7, 11) is -2.21. The van der Waals surface area contributed by atoms with E-state index in [1.807, 2.05) is 0 Å². The number of sulfonamides is 1. The number of carbonyl (C=O) groups excluding carboxylic acids is 2. The molecule has 2 heterocycles. The number of rotatable bonds is 6. The molecule has 1 unspecified atom stereocenters. The molecule has 0 aliphatic heterocycles. The van der Waals surface area contributed by atoms with E-state index < -0.39 is 22.0 Å². The molecule has 0 bridgehead atoms. The Balaban J connectivity index is 1.73. The van der Waals surface area contributed by atoms with E-state index in [1.54, 1.807) is 50.4 Å². The second-order valence-electron chi connectivity index (χ2n) is 6.30. The SMILES string of the molecule is CC(c1cccc(S(N)(=O)=O)c1)N(C)C(=O)c1ccc(NC(=O)c2ccco2)s1. The van der Waals surface area contributed by atoms with Crippen LogP contribution in [0.1, 0.15) is 38.8 Å². The van der Waals surface area contributed by atoms with Crippen LogP contribution in [0.25, 0.3) is 0 Å². The van der Waals surface area contributed by atoms with Crippen LogP contribution in [0.15, 0.2) is 64.1 Å². The van der Waals surface area contributed by atoms with E-state index in [1.165, 1.54) is 23.3 Å². The monoisotopic (exact) mass is 433 g/mol. The van der Waals surface area contributed by atoms with Crippen LogP contribution in [-0.4, -0.2) is 32.2 Å². The van der Waals surface area contributed by atoms with Gasteiger partial charge < -0.3 is 14.6 Å². The number of carbonyl (C=O) groups is 2. The average Bonchev–Trinajstić information content (AvgIpc) is 3.38. The molecule has 29 heavy (non-hydrogen) atoms. The van der Waals surface area contributed by atoms with Gasteiger partial charge in [-0.25, -0.2) is 13.6 Å². The highest BCUT2D eigenvalue weighted by Gasteiger charge is 2.22. The van der Waals surface area contributed by atoms with Crippen molar-refractivity contribution in [3.63, 3.8) is 0 Å². The second kappa shape index (κ2) is 8.19. The molecular weight excluding hydrogens is 414 g/mol. The quantitative estimate of drug-likeness (QED) is 0.618. The summed E-state index contributed by atoms with van der Waals surface area (Å²) < 4.78 is 28.2. The van der Waals surface area contributed by atoms with E-state index in [9.17, 15) is 18.0 Å². The van der Waals surface area contributed by atoms with Gasteiger partial charge in [0.25, 0.3) is 11.8 Å². The predicted molar refractivity (Wildman–Crippen MR) is 109 cm³/mol. The molecule has 2 amide bonds. The van der Waals surface area contributed by atoms with Crippen LogP contribution < -0.4 is 10.5 Å². The maximum absolute atomic E-state index is 12.8. The lowest BCUT2D eigenvalue weighted by molar-refractivity contribution is 0.0747. The first-order valence-electron chi connectivity index (χ1n) is 8.51. The van der Waals surface area contributed by atoms with Gasteiger partial charge in [0.2, 0.25) is 10.0 Å². The van der Waals surface area contributed by atoms with Crippen LogP contribution >= 0.6 is 11.3 Å². The number of nitrogens with zero attached hydrogens (tertiary/aromatic N) is 1. The molecule has 0 saturated heterocycles. The van der Waals surface area contributed by atoms with Gasteiger partial charge in [0.1, 0.15) is 0 Å². The molecule has 3 rings (SSSR count). The van der Waals surface area contributed by atoms with Crippen molar-refractivity contribution in [2.75, 3.05) is 12.4 Å². The van der Waals surface area contributed by atoms with Crippen LogP contribution in [0.5, 0.6) is 0 Å². The summed E-state index contributed by atoms with van der Waals surface area (Å²) in [6, 6.07) is 12.2. The van der Waals surface area contributed by atoms with Crippen LogP contribution in [0.3, 0.4) is 0 Å². The minimum absolute atomic E-state index is 0.0123. The van der Waals surface area contributed by atoms with E-state index in [0.29, 0.717) is 15.4 Å². The normalized spacial score (nSPS) is 12.4. The van der Waals surface area contributed by atoms with Gasteiger partial charge in [0.05, 0.1) is 27.1 Å². The summed E-state index contributed by atoms with van der Waals surface area (Å²) in [5, 5.41) is 8.37. The zero-order chi connectivity index (χ0) is 21.2. The van der Waals surface area contributed by atoms with E-state index >= 15 is 0 Å². The standard InChI is InChI=1S/C19H19N3O5S2/c1-12(13-5-3-6-14(11-13)29(20,25)26)22(2)19(24)16-8-9-17(28-16)21-18(23)15-7-4-10-27-15/h3-12H,1-2H3,(H,21,23)(H2,20,25,26). The number of hydrogen-bond donors (Lipinski definition) is 2. The fourth-order valence-electron chi connectivity index (χ4n) is 2.63. The molecule has 1 atom stereocenters. The second-order valence-corrected chi connectivity index (χ2v) is 8.95. The molecule has 0 radical (unpaired) electrons. The van der Waals surface area contributed by atoms with Crippen molar-refractivity contribution in [2.45, 2.75) is 17.9 Å². The number of anilines is 1. The number of benzene rings is 1. The maximum Gasteiger partial charge on any atom is 0.291 e. The molecule has 10 heteroatoms. The summed E-state index contributed by atoms with van der Waals surface area (Å²) in [6.07, 6.45) is 1.40. The van der Waals surface area contributed by atoms with Gasteiger partial charge in [-0.2, -0.15) is 0 Å². The smallest absolute Gasteiger partial charge is 0.291 e. The molecule has 0 spiro atoms. The summed E-state index contributed by atoms with van der Waals surface area (Å²) in [5.41, 5.74) is 0.635. The van der Waals surface area contributed by atoms with Gasteiger partial charge in [-0.05, 0) is 48.9 Å². The molecular formula is C19H19N3O5S2. The third-order valence-corrected chi connectivity index (χ3v) is 6.27. The van der Waals surface area contributed by atoms with Gasteiger partial charge in [-0.3, -0.25) is 9.59 Å². The van der Waals surface area contributed by atoms with Crippen molar-refractivity contribution in [2.24, 2.45) is 5.14 Å². The topological polar surface area (TPSA) is 123 Å². The van der Waals surface area contributed by atoms with Crippen molar-refractivity contribution >= 4 is 38.2 Å². The first kappa shape index (κ1) is 20.8. The van der Waals surface area contributed by atoms with Crippen molar-refractivity contribution in [3.8, 4) is 0 Å². The average molecular weight is 434 g/mol. The lowest BCUT2D eigenvalue weighted by atomic mass is 10.1. The number of nitrogens with one attached hydrogen (secondary N) is 1. The highest BCUT2D eigenvalue weighted by atomic mass is 32.2. The van der Waals surface area contributed by atoms with Gasteiger partial charge in [0.15, 0.2) is 5.76 Å². The zero-order valence-corrected chi connectivity index (χ0v) is 17.3. The molecule has 0 aliphatic rings. The highest BCUT2D eigenvalue weighted by molar-refractivity contribution is 7.89. The van der Waals surface area contributed by atoms with E-state index in [4.69, 9.17) is 9.56 Å². The fraction of sp³-hybridized carbons (Fsp3) is 0.158. The third-order valence-electron chi connectivity index (χ3n) is 4.37. The van der Waals surface area contributed by atoms with Gasteiger partial charge in [-0.15, -0.1) is 11.3 Å². The Morgan fingerprint density at radius 3 is 2.59 bits per heavy atom. The number of furan rings is 1. The number of hydrogen-bond acceptors (Lipinski definition) is 6.